The number of aromatic nitrogens is 1. The maximum atomic E-state index is 15.1. The molecule has 3 saturated heterocycles. The third-order valence-electron chi connectivity index (χ3n) is 10.9. The van der Waals surface area contributed by atoms with Crippen molar-refractivity contribution >= 4 is 46.1 Å². The standard InChI is InChI=1S/C35H39N5O9/c1-18(2)30-32(44)38-13-7-10-26(38)35-39(30)33(45)34(48-35,19(3)4)40(46-27(41)11-12-28(42)47-49-35)31(43)21-14-23-22-8-6-9-24-29(22)20(16-36-24)15-25(23)37(5)17-21/h6,8-9,11-12,14,16,18-19,21,25-26,30,36H,7,10,13,15,17H2,1-5H3/b12-11-/t21-,25-,26+,30+,34-,35+/m1/s1. The number of amides is 3. The average Bonchev–Trinajstić information content (AvgIpc) is 3.79. The molecular weight excluding hydrogens is 634 g/mol. The molecule has 3 amide bonds. The van der Waals surface area contributed by atoms with Crippen LogP contribution in [0.15, 0.2) is 42.6 Å². The molecule has 5 aliphatic heterocycles. The van der Waals surface area contributed by atoms with Crippen molar-refractivity contribution < 1.29 is 43.3 Å². The Labute approximate surface area is 282 Å². The predicted molar refractivity (Wildman–Crippen MR) is 171 cm³/mol. The van der Waals surface area contributed by atoms with Gasteiger partial charge in [0.05, 0.1) is 5.92 Å². The summed E-state index contributed by atoms with van der Waals surface area (Å²) in [5.41, 5.74) is 1.84. The Morgan fingerprint density at radius 2 is 1.84 bits per heavy atom. The summed E-state index contributed by atoms with van der Waals surface area (Å²) < 4.78 is 6.77. The molecule has 1 aliphatic carbocycles. The van der Waals surface area contributed by atoms with Gasteiger partial charge in [-0.25, -0.2) is 9.59 Å². The van der Waals surface area contributed by atoms with Crippen molar-refractivity contribution in [2.45, 2.75) is 76.7 Å². The Bertz CT molecular complexity index is 1870. The molecule has 3 fully saturated rings. The highest BCUT2D eigenvalue weighted by molar-refractivity contribution is 6.01. The number of aromatic amines is 1. The van der Waals surface area contributed by atoms with Gasteiger partial charge in [-0.05, 0) is 55.0 Å². The van der Waals surface area contributed by atoms with E-state index in [-0.39, 0.29) is 18.5 Å². The number of hydroxylamine groups is 2. The van der Waals surface area contributed by atoms with E-state index in [0.717, 1.165) is 45.7 Å². The monoisotopic (exact) mass is 673 g/mol. The molecule has 14 nitrogen and oxygen atoms in total. The van der Waals surface area contributed by atoms with Crippen LogP contribution in [0.25, 0.3) is 16.5 Å². The molecule has 14 heteroatoms. The minimum absolute atomic E-state index is 0.00520. The fraction of sp³-hybridized carbons (Fsp3) is 0.514. The summed E-state index contributed by atoms with van der Waals surface area (Å²) in [5, 5.41) is 1.83. The van der Waals surface area contributed by atoms with Gasteiger partial charge in [0.15, 0.2) is 0 Å². The first-order valence-electron chi connectivity index (χ1n) is 16.9. The van der Waals surface area contributed by atoms with Crippen LogP contribution in [0.1, 0.15) is 51.7 Å². The molecule has 0 saturated carbocycles. The average molecular weight is 674 g/mol. The van der Waals surface area contributed by atoms with Crippen molar-refractivity contribution in [1.82, 2.24) is 24.7 Å². The number of nitrogens with one attached hydrogen (secondary N) is 1. The number of carbonyl (C=O) groups is 5. The summed E-state index contributed by atoms with van der Waals surface area (Å²) in [4.78, 5) is 95.3. The van der Waals surface area contributed by atoms with Gasteiger partial charge in [-0.2, -0.15) is 0 Å². The van der Waals surface area contributed by atoms with E-state index in [1.165, 1.54) is 10.5 Å². The molecule has 1 aromatic heterocycles. The van der Waals surface area contributed by atoms with Gasteiger partial charge in [-0.3, -0.25) is 33.8 Å². The number of likely N-dealkylation sites (N-methyl/N-ethyl adjacent to an activating group) is 1. The Hall–Kier alpha value is -4.53. The second-order valence-corrected chi connectivity index (χ2v) is 14.4. The summed E-state index contributed by atoms with van der Waals surface area (Å²) in [6.45, 7) is 7.53. The number of fused-ring (bicyclic) bond motifs is 4. The van der Waals surface area contributed by atoms with Gasteiger partial charge in [0.25, 0.3) is 17.5 Å². The Morgan fingerprint density at radius 3 is 2.59 bits per heavy atom. The van der Waals surface area contributed by atoms with Gasteiger partial charge in [-0.15, -0.1) is 9.95 Å². The number of piperazine rings is 1. The smallest absolute Gasteiger partial charge is 0.361 e. The predicted octanol–water partition coefficient (Wildman–Crippen LogP) is 2.26. The maximum Gasteiger partial charge on any atom is 0.366 e. The lowest BCUT2D eigenvalue weighted by Gasteiger charge is -2.50. The molecule has 0 radical (unpaired) electrons. The van der Waals surface area contributed by atoms with E-state index in [4.69, 9.17) is 19.3 Å². The van der Waals surface area contributed by atoms with Crippen molar-refractivity contribution in [3.05, 3.63) is 53.8 Å². The normalized spacial score (nSPS) is 33.6. The zero-order valence-corrected chi connectivity index (χ0v) is 28.0. The van der Waals surface area contributed by atoms with Crippen LogP contribution >= 0.6 is 0 Å². The highest BCUT2D eigenvalue weighted by atomic mass is 17.2. The molecule has 8 rings (SSSR count). The van der Waals surface area contributed by atoms with Gasteiger partial charge in [-0.1, -0.05) is 45.9 Å². The fourth-order valence-electron chi connectivity index (χ4n) is 8.71. The zero-order valence-electron chi connectivity index (χ0n) is 28.0. The van der Waals surface area contributed by atoms with Crippen molar-refractivity contribution in [2.75, 3.05) is 20.1 Å². The van der Waals surface area contributed by atoms with Crippen LogP contribution in [0.4, 0.5) is 0 Å². The van der Waals surface area contributed by atoms with Crippen molar-refractivity contribution in [2.24, 2.45) is 17.8 Å². The molecule has 6 heterocycles. The molecule has 49 heavy (non-hydrogen) atoms. The second-order valence-electron chi connectivity index (χ2n) is 14.4. The molecule has 2 aromatic rings. The molecule has 1 N–H and O–H groups in total. The van der Waals surface area contributed by atoms with Crippen LogP contribution in [-0.4, -0.2) is 104 Å². The number of hydrogen-bond acceptors (Lipinski definition) is 10. The van der Waals surface area contributed by atoms with Crippen LogP contribution < -0.4 is 0 Å². The van der Waals surface area contributed by atoms with Crippen LogP contribution in [0, 0.1) is 17.8 Å². The molecule has 1 spiro atoms. The van der Waals surface area contributed by atoms with E-state index in [1.807, 2.05) is 37.5 Å². The van der Waals surface area contributed by atoms with Crippen molar-refractivity contribution in [3.63, 3.8) is 0 Å². The minimum Gasteiger partial charge on any atom is -0.361 e. The van der Waals surface area contributed by atoms with Crippen molar-refractivity contribution in [3.8, 4) is 0 Å². The lowest BCUT2D eigenvalue weighted by Crippen LogP contribution is -2.73. The van der Waals surface area contributed by atoms with E-state index >= 15 is 9.59 Å². The highest BCUT2D eigenvalue weighted by Gasteiger charge is 2.77. The Kier molecular flexibility index (Phi) is 7.11. The van der Waals surface area contributed by atoms with Gasteiger partial charge >= 0.3 is 17.8 Å². The summed E-state index contributed by atoms with van der Waals surface area (Å²) in [5.74, 6) is -8.25. The third-order valence-corrected chi connectivity index (χ3v) is 10.9. The SMILES string of the molecule is CC(C)[C@H]1C(=O)N2CCC[C@H]2[C@@]23OOC(=O)/C=C\C(=O)ON(C(=O)[C@@H]4C=C5c6cccc7[nH]cc(c67)C[C@H]5N(C)C4)[C@](C(C)C)(O2)C(=O)N13. The summed E-state index contributed by atoms with van der Waals surface area (Å²) >= 11 is 0. The number of rotatable bonds is 3. The summed E-state index contributed by atoms with van der Waals surface area (Å²) in [7, 11) is 1.94. The molecule has 258 valence electrons. The topological polar surface area (TPSA) is 151 Å². The number of nitrogens with zero attached hydrogens (tertiary/aromatic N) is 4. The second kappa shape index (κ2) is 11.0. The van der Waals surface area contributed by atoms with E-state index in [1.54, 1.807) is 32.6 Å². The number of hydrogen-bond donors (Lipinski definition) is 1. The van der Waals surface area contributed by atoms with Crippen LogP contribution in [0.3, 0.4) is 0 Å². The van der Waals surface area contributed by atoms with E-state index < -0.39 is 65.2 Å². The summed E-state index contributed by atoms with van der Waals surface area (Å²) in [6.07, 6.45) is 7.22. The van der Waals surface area contributed by atoms with Gasteiger partial charge < -0.3 is 14.7 Å². The molecule has 0 unspecified atom stereocenters. The van der Waals surface area contributed by atoms with Crippen LogP contribution in [-0.2, 0) is 49.7 Å². The lowest BCUT2D eigenvalue weighted by atomic mass is 9.79. The van der Waals surface area contributed by atoms with Crippen molar-refractivity contribution in [1.29, 1.82) is 0 Å². The lowest BCUT2D eigenvalue weighted by molar-refractivity contribution is -0.468. The number of benzene rings is 1. The molecule has 2 bridgehead atoms. The van der Waals surface area contributed by atoms with Crippen LogP contribution in [0.5, 0.6) is 0 Å². The molecule has 6 atom stereocenters. The first kappa shape index (κ1) is 31.7. The van der Waals surface area contributed by atoms with Gasteiger partial charge in [0.1, 0.15) is 12.1 Å². The number of ether oxygens (including phenoxy) is 1. The Morgan fingerprint density at radius 1 is 1.06 bits per heavy atom. The first-order valence-corrected chi connectivity index (χ1v) is 16.9. The fourth-order valence-corrected chi connectivity index (χ4v) is 8.71. The molecule has 1 aromatic carbocycles. The molecular formula is C35H39N5O9. The molecule has 6 aliphatic rings. The van der Waals surface area contributed by atoms with E-state index in [0.29, 0.717) is 19.4 Å². The maximum absolute atomic E-state index is 15.1. The zero-order chi connectivity index (χ0) is 34.6. The number of carbonyl (C=O) groups excluding carboxylic acids is 5. The highest BCUT2D eigenvalue weighted by Crippen LogP contribution is 2.53. The van der Waals surface area contributed by atoms with Gasteiger partial charge in [0, 0.05) is 54.3 Å². The first-order chi connectivity index (χ1) is 23.4. The van der Waals surface area contributed by atoms with E-state index in [9.17, 15) is 14.4 Å². The van der Waals surface area contributed by atoms with Crippen LogP contribution in [0.2, 0.25) is 0 Å². The minimum atomic E-state index is -2.29. The Balaban J connectivity index is 1.29. The summed E-state index contributed by atoms with van der Waals surface area (Å²) in [6, 6.07) is 4.04. The van der Waals surface area contributed by atoms with Gasteiger partial charge in [0.2, 0.25) is 5.91 Å². The third kappa shape index (κ3) is 4.33. The quantitative estimate of drug-likeness (QED) is 0.481. The number of H-pyrrole nitrogens is 1. The van der Waals surface area contributed by atoms with E-state index in [2.05, 4.69) is 9.88 Å². The largest absolute Gasteiger partial charge is 0.366 e.